The van der Waals surface area contributed by atoms with E-state index in [0.717, 1.165) is 12.0 Å². The van der Waals surface area contributed by atoms with Gasteiger partial charge in [0.1, 0.15) is 5.75 Å². The van der Waals surface area contributed by atoms with Crippen LogP contribution in [0.15, 0.2) is 42.5 Å². The van der Waals surface area contributed by atoms with Crippen molar-refractivity contribution in [2.45, 2.75) is 26.7 Å². The molecule has 0 aliphatic carbocycles. The fourth-order valence-corrected chi connectivity index (χ4v) is 4.58. The Bertz CT molecular complexity index is 923. The van der Waals surface area contributed by atoms with Crippen molar-refractivity contribution in [3.8, 4) is 5.75 Å². The topological polar surface area (TPSA) is 75.7 Å². The van der Waals surface area contributed by atoms with Crippen LogP contribution >= 0.6 is 0 Å². The van der Waals surface area contributed by atoms with Crippen molar-refractivity contribution in [2.24, 2.45) is 0 Å². The Morgan fingerprint density at radius 3 is 2.48 bits per heavy atom. The number of carbonyl (C=O) groups excluding carboxylic acids is 1. The van der Waals surface area contributed by atoms with E-state index in [9.17, 15) is 13.2 Å². The highest BCUT2D eigenvalue weighted by Crippen LogP contribution is 2.25. The summed E-state index contributed by atoms with van der Waals surface area (Å²) in [5.41, 5.74) is 3.50. The summed E-state index contributed by atoms with van der Waals surface area (Å²) in [6.07, 6.45) is 1.56. The summed E-state index contributed by atoms with van der Waals surface area (Å²) in [5, 5.41) is 2.76. The minimum absolute atomic E-state index is 0.0925. The number of nitrogens with one attached hydrogen (secondary N) is 1. The summed E-state index contributed by atoms with van der Waals surface area (Å²) in [4.78, 5) is 12.1. The van der Waals surface area contributed by atoms with Crippen LogP contribution in [0.2, 0.25) is 0 Å². The average Bonchev–Trinajstić information content (AvgIpc) is 2.63. The van der Waals surface area contributed by atoms with Gasteiger partial charge in [-0.05, 0) is 74.2 Å². The second kappa shape index (κ2) is 8.00. The van der Waals surface area contributed by atoms with Crippen LogP contribution in [-0.2, 0) is 14.8 Å². The molecule has 0 atom stereocenters. The zero-order valence-electron chi connectivity index (χ0n) is 15.6. The minimum Gasteiger partial charge on any atom is -0.484 e. The van der Waals surface area contributed by atoms with Gasteiger partial charge in [-0.15, -0.1) is 0 Å². The van der Waals surface area contributed by atoms with Crippen LogP contribution in [0, 0.1) is 13.8 Å². The number of sulfonamides is 1. The molecule has 0 unspecified atom stereocenters. The smallest absolute Gasteiger partial charge is 0.262 e. The Labute approximate surface area is 160 Å². The number of anilines is 2. The maximum absolute atomic E-state index is 12.1. The number of hydrogen-bond donors (Lipinski definition) is 1. The lowest BCUT2D eigenvalue weighted by atomic mass is 10.1. The first-order valence-corrected chi connectivity index (χ1v) is 10.6. The van der Waals surface area contributed by atoms with Crippen LogP contribution in [-0.4, -0.2) is 33.2 Å². The highest BCUT2D eigenvalue weighted by Gasteiger charge is 2.25. The van der Waals surface area contributed by atoms with E-state index in [0.29, 0.717) is 30.1 Å². The summed E-state index contributed by atoms with van der Waals surface area (Å²) < 4.78 is 31.3. The van der Waals surface area contributed by atoms with E-state index in [1.54, 1.807) is 24.3 Å². The van der Waals surface area contributed by atoms with Crippen molar-refractivity contribution in [1.29, 1.82) is 0 Å². The first-order valence-electron chi connectivity index (χ1n) is 8.95. The molecule has 2 aromatic rings. The minimum atomic E-state index is -3.23. The van der Waals surface area contributed by atoms with Gasteiger partial charge in [-0.2, -0.15) is 0 Å². The Morgan fingerprint density at radius 2 is 1.81 bits per heavy atom. The predicted molar refractivity (Wildman–Crippen MR) is 107 cm³/mol. The summed E-state index contributed by atoms with van der Waals surface area (Å²) in [5.74, 6) is 0.562. The normalized spacial score (nSPS) is 16.0. The van der Waals surface area contributed by atoms with Crippen molar-refractivity contribution in [1.82, 2.24) is 0 Å². The monoisotopic (exact) mass is 388 g/mol. The SMILES string of the molecule is Cc1ccc(OCC(=O)Nc2ccc(N3CCCCS3(=O)=O)cc2)cc1C. The predicted octanol–water partition coefficient (Wildman–Crippen LogP) is 3.25. The molecule has 0 bridgehead atoms. The maximum Gasteiger partial charge on any atom is 0.262 e. The van der Waals surface area contributed by atoms with E-state index in [1.807, 2.05) is 32.0 Å². The summed E-state index contributed by atoms with van der Waals surface area (Å²) in [6.45, 7) is 4.42. The molecule has 1 saturated heterocycles. The van der Waals surface area contributed by atoms with E-state index in [2.05, 4.69) is 5.32 Å². The van der Waals surface area contributed by atoms with E-state index < -0.39 is 10.0 Å². The lowest BCUT2D eigenvalue weighted by molar-refractivity contribution is -0.118. The largest absolute Gasteiger partial charge is 0.484 e. The van der Waals surface area contributed by atoms with Gasteiger partial charge in [0.2, 0.25) is 10.0 Å². The first-order chi connectivity index (χ1) is 12.8. The quantitative estimate of drug-likeness (QED) is 0.853. The van der Waals surface area contributed by atoms with Crippen LogP contribution in [0.3, 0.4) is 0 Å². The molecule has 0 spiro atoms. The lowest BCUT2D eigenvalue weighted by Crippen LogP contribution is -2.37. The second-order valence-electron chi connectivity index (χ2n) is 6.73. The van der Waals surface area contributed by atoms with Crippen molar-refractivity contribution in [3.63, 3.8) is 0 Å². The molecule has 1 amide bonds. The molecule has 3 rings (SSSR count). The molecule has 0 radical (unpaired) electrons. The van der Waals surface area contributed by atoms with Crippen LogP contribution in [0.5, 0.6) is 5.75 Å². The van der Waals surface area contributed by atoms with Gasteiger partial charge in [-0.25, -0.2) is 8.42 Å². The summed E-state index contributed by atoms with van der Waals surface area (Å²) in [7, 11) is -3.23. The standard InChI is InChI=1S/C20H24N2O4S/c1-15-5-10-19(13-16(15)2)26-14-20(23)21-17-6-8-18(9-7-17)22-11-3-4-12-27(22,24)25/h5-10,13H,3-4,11-12,14H2,1-2H3,(H,21,23). The van der Waals surface area contributed by atoms with Gasteiger partial charge in [0.15, 0.2) is 6.61 Å². The molecular formula is C20H24N2O4S. The van der Waals surface area contributed by atoms with Gasteiger partial charge in [0.25, 0.3) is 5.91 Å². The zero-order chi connectivity index (χ0) is 19.4. The van der Waals surface area contributed by atoms with Crippen molar-refractivity contribution in [3.05, 3.63) is 53.6 Å². The van der Waals surface area contributed by atoms with Crippen LogP contribution in [0.1, 0.15) is 24.0 Å². The second-order valence-corrected chi connectivity index (χ2v) is 8.74. The fourth-order valence-electron chi connectivity index (χ4n) is 2.94. The van der Waals surface area contributed by atoms with Crippen molar-refractivity contribution < 1.29 is 17.9 Å². The van der Waals surface area contributed by atoms with Gasteiger partial charge in [0, 0.05) is 12.2 Å². The number of carbonyl (C=O) groups is 1. The van der Waals surface area contributed by atoms with E-state index in [-0.39, 0.29) is 18.3 Å². The summed E-state index contributed by atoms with van der Waals surface area (Å²) in [6, 6.07) is 12.5. The van der Waals surface area contributed by atoms with Gasteiger partial charge >= 0.3 is 0 Å². The highest BCUT2D eigenvalue weighted by molar-refractivity contribution is 7.92. The third kappa shape index (κ3) is 4.80. The maximum atomic E-state index is 12.1. The molecule has 7 heteroatoms. The average molecular weight is 388 g/mol. The van der Waals surface area contributed by atoms with E-state index in [1.165, 1.54) is 9.87 Å². The van der Waals surface area contributed by atoms with Crippen LogP contribution < -0.4 is 14.4 Å². The lowest BCUT2D eigenvalue weighted by Gasteiger charge is -2.28. The van der Waals surface area contributed by atoms with E-state index >= 15 is 0 Å². The third-order valence-corrected chi connectivity index (χ3v) is 6.51. The van der Waals surface area contributed by atoms with E-state index in [4.69, 9.17) is 4.74 Å². The molecule has 1 aliphatic heterocycles. The first kappa shape index (κ1) is 19.2. The molecule has 27 heavy (non-hydrogen) atoms. The Balaban J connectivity index is 1.57. The Kier molecular flexibility index (Phi) is 5.70. The number of nitrogens with zero attached hydrogens (tertiary/aromatic N) is 1. The number of aryl methyl sites for hydroxylation is 2. The van der Waals surface area contributed by atoms with Crippen LogP contribution in [0.4, 0.5) is 11.4 Å². The highest BCUT2D eigenvalue weighted by atomic mass is 32.2. The number of benzene rings is 2. The van der Waals surface area contributed by atoms with Gasteiger partial charge in [-0.3, -0.25) is 9.10 Å². The third-order valence-electron chi connectivity index (χ3n) is 4.64. The molecular weight excluding hydrogens is 364 g/mol. The molecule has 144 valence electrons. The molecule has 1 heterocycles. The molecule has 0 saturated carbocycles. The molecule has 0 aromatic heterocycles. The summed E-state index contributed by atoms with van der Waals surface area (Å²) >= 11 is 0. The van der Waals surface area contributed by atoms with Crippen molar-refractivity contribution >= 4 is 27.3 Å². The Morgan fingerprint density at radius 1 is 1.07 bits per heavy atom. The number of rotatable bonds is 5. The molecule has 1 fully saturated rings. The molecule has 1 N–H and O–H groups in total. The van der Waals surface area contributed by atoms with Gasteiger partial charge < -0.3 is 10.1 Å². The molecule has 2 aromatic carbocycles. The molecule has 6 nitrogen and oxygen atoms in total. The zero-order valence-corrected chi connectivity index (χ0v) is 16.4. The number of hydrogen-bond acceptors (Lipinski definition) is 4. The molecule has 1 aliphatic rings. The fraction of sp³-hybridized carbons (Fsp3) is 0.350. The van der Waals surface area contributed by atoms with Gasteiger partial charge in [-0.1, -0.05) is 6.07 Å². The van der Waals surface area contributed by atoms with Crippen molar-refractivity contribution in [2.75, 3.05) is 28.5 Å². The number of ether oxygens (including phenoxy) is 1. The van der Waals surface area contributed by atoms with Gasteiger partial charge in [0.05, 0.1) is 11.4 Å². The number of amides is 1. The Hall–Kier alpha value is -2.54. The van der Waals surface area contributed by atoms with Crippen LogP contribution in [0.25, 0.3) is 0 Å².